The standard InChI is InChI=1S/C20H18N4O2S/c1-23(13-15-6-4-5-14(11-15)12-21)18(25)9-10-24-19(26)16-7-2-3-8-17(16)22-20(24)27/h2-8,11H,9-10,13H2,1H3,(H,22,27). The van der Waals surface area contributed by atoms with Gasteiger partial charge in [0.1, 0.15) is 0 Å². The molecule has 136 valence electrons. The summed E-state index contributed by atoms with van der Waals surface area (Å²) in [6.45, 7) is 0.605. The van der Waals surface area contributed by atoms with E-state index in [1.165, 1.54) is 4.57 Å². The highest BCUT2D eigenvalue weighted by Gasteiger charge is 2.12. The van der Waals surface area contributed by atoms with Crippen LogP contribution in [0.1, 0.15) is 17.5 Å². The van der Waals surface area contributed by atoms with Crippen molar-refractivity contribution in [2.75, 3.05) is 7.05 Å². The molecule has 1 N–H and O–H groups in total. The highest BCUT2D eigenvalue weighted by atomic mass is 32.1. The number of carbonyl (C=O) groups is 1. The van der Waals surface area contributed by atoms with Gasteiger partial charge in [-0.15, -0.1) is 0 Å². The van der Waals surface area contributed by atoms with E-state index >= 15 is 0 Å². The van der Waals surface area contributed by atoms with Gasteiger partial charge in [0.2, 0.25) is 5.91 Å². The zero-order chi connectivity index (χ0) is 19.4. The van der Waals surface area contributed by atoms with E-state index in [2.05, 4.69) is 11.1 Å². The second kappa shape index (κ2) is 7.98. The first-order valence-corrected chi connectivity index (χ1v) is 8.85. The van der Waals surface area contributed by atoms with Crippen molar-refractivity contribution in [3.63, 3.8) is 0 Å². The number of fused-ring (bicyclic) bond motifs is 1. The van der Waals surface area contributed by atoms with Crippen molar-refractivity contribution in [1.82, 2.24) is 14.5 Å². The van der Waals surface area contributed by atoms with Crippen LogP contribution in [0.4, 0.5) is 0 Å². The topological polar surface area (TPSA) is 81.9 Å². The fourth-order valence-corrected chi connectivity index (χ4v) is 3.19. The Morgan fingerprint density at radius 2 is 2.04 bits per heavy atom. The molecule has 2 aromatic carbocycles. The predicted octanol–water partition coefficient (Wildman–Crippen LogP) is 2.98. The average Bonchev–Trinajstić information content (AvgIpc) is 2.67. The summed E-state index contributed by atoms with van der Waals surface area (Å²) in [5.74, 6) is -0.105. The average molecular weight is 378 g/mol. The summed E-state index contributed by atoms with van der Waals surface area (Å²) in [5.41, 5.74) is 1.92. The molecular weight excluding hydrogens is 360 g/mol. The van der Waals surface area contributed by atoms with Gasteiger partial charge in [0.15, 0.2) is 4.77 Å². The molecule has 0 saturated carbocycles. The number of H-pyrrole nitrogens is 1. The first-order valence-electron chi connectivity index (χ1n) is 8.44. The van der Waals surface area contributed by atoms with Crippen LogP contribution in [0.3, 0.4) is 0 Å². The lowest BCUT2D eigenvalue weighted by Crippen LogP contribution is -2.29. The van der Waals surface area contributed by atoms with Crippen LogP contribution in [0.5, 0.6) is 0 Å². The molecule has 0 aliphatic rings. The van der Waals surface area contributed by atoms with E-state index in [4.69, 9.17) is 17.5 Å². The lowest BCUT2D eigenvalue weighted by molar-refractivity contribution is -0.130. The summed E-state index contributed by atoms with van der Waals surface area (Å²) in [6.07, 6.45) is 0.157. The van der Waals surface area contributed by atoms with Crippen LogP contribution >= 0.6 is 12.2 Å². The Morgan fingerprint density at radius 1 is 1.26 bits per heavy atom. The third-order valence-electron chi connectivity index (χ3n) is 4.34. The summed E-state index contributed by atoms with van der Waals surface area (Å²) >= 11 is 5.27. The fraction of sp³-hybridized carbons (Fsp3) is 0.200. The van der Waals surface area contributed by atoms with Crippen molar-refractivity contribution in [3.8, 4) is 6.07 Å². The maximum Gasteiger partial charge on any atom is 0.262 e. The van der Waals surface area contributed by atoms with Crippen molar-refractivity contribution in [2.45, 2.75) is 19.5 Å². The minimum Gasteiger partial charge on any atom is -0.341 e. The number of para-hydroxylation sites is 1. The third-order valence-corrected chi connectivity index (χ3v) is 4.66. The molecule has 0 atom stereocenters. The number of carbonyl (C=O) groups excluding carboxylic acids is 1. The lowest BCUT2D eigenvalue weighted by atomic mass is 10.1. The summed E-state index contributed by atoms with van der Waals surface area (Å²) in [5, 5.41) is 9.51. The molecule has 0 spiro atoms. The van der Waals surface area contributed by atoms with Gasteiger partial charge in [0.25, 0.3) is 5.56 Å². The number of hydrogen-bond acceptors (Lipinski definition) is 4. The predicted molar refractivity (Wildman–Crippen MR) is 106 cm³/mol. The molecule has 1 amide bonds. The van der Waals surface area contributed by atoms with Crippen molar-refractivity contribution >= 4 is 29.0 Å². The van der Waals surface area contributed by atoms with Gasteiger partial charge in [-0.1, -0.05) is 24.3 Å². The highest BCUT2D eigenvalue weighted by molar-refractivity contribution is 7.71. The molecule has 7 heteroatoms. The summed E-state index contributed by atoms with van der Waals surface area (Å²) in [4.78, 5) is 29.7. The van der Waals surface area contributed by atoms with E-state index < -0.39 is 0 Å². The molecule has 0 aliphatic heterocycles. The molecule has 0 radical (unpaired) electrons. The number of benzene rings is 2. The van der Waals surface area contributed by atoms with E-state index in [9.17, 15) is 9.59 Å². The quantitative estimate of drug-likeness (QED) is 0.692. The lowest BCUT2D eigenvalue weighted by Gasteiger charge is -2.18. The van der Waals surface area contributed by atoms with Gasteiger partial charge < -0.3 is 9.88 Å². The van der Waals surface area contributed by atoms with E-state index in [-0.39, 0.29) is 24.4 Å². The van der Waals surface area contributed by atoms with Crippen LogP contribution in [0.25, 0.3) is 10.9 Å². The fourth-order valence-electron chi connectivity index (χ4n) is 2.90. The maximum atomic E-state index is 12.6. The Morgan fingerprint density at radius 3 is 2.81 bits per heavy atom. The van der Waals surface area contributed by atoms with Crippen LogP contribution in [0.2, 0.25) is 0 Å². The van der Waals surface area contributed by atoms with Gasteiger partial charge in [-0.2, -0.15) is 5.26 Å². The Hall–Kier alpha value is -3.24. The van der Waals surface area contributed by atoms with E-state index in [0.29, 0.717) is 27.8 Å². The van der Waals surface area contributed by atoms with Gasteiger partial charge in [-0.25, -0.2) is 0 Å². The molecule has 0 saturated heterocycles. The van der Waals surface area contributed by atoms with E-state index in [1.54, 1.807) is 48.3 Å². The molecule has 1 heterocycles. The number of rotatable bonds is 5. The Balaban J connectivity index is 1.72. The van der Waals surface area contributed by atoms with Crippen molar-refractivity contribution in [1.29, 1.82) is 5.26 Å². The molecule has 1 aromatic heterocycles. The van der Waals surface area contributed by atoms with Crippen molar-refractivity contribution in [2.24, 2.45) is 0 Å². The number of hydrogen-bond donors (Lipinski definition) is 1. The Kier molecular flexibility index (Phi) is 5.48. The molecule has 0 unspecified atom stereocenters. The molecule has 3 rings (SSSR count). The highest BCUT2D eigenvalue weighted by Crippen LogP contribution is 2.09. The second-order valence-corrected chi connectivity index (χ2v) is 6.63. The number of aromatic nitrogens is 2. The minimum atomic E-state index is -0.202. The summed E-state index contributed by atoms with van der Waals surface area (Å²) < 4.78 is 1.72. The number of nitriles is 1. The molecule has 0 bridgehead atoms. The van der Waals surface area contributed by atoms with Crippen molar-refractivity contribution in [3.05, 3.63) is 74.8 Å². The largest absolute Gasteiger partial charge is 0.341 e. The summed E-state index contributed by atoms with van der Waals surface area (Å²) in [7, 11) is 1.70. The number of nitrogens with one attached hydrogen (secondary N) is 1. The number of aromatic amines is 1. The van der Waals surface area contributed by atoms with Gasteiger partial charge in [0.05, 0.1) is 22.5 Å². The zero-order valence-electron chi connectivity index (χ0n) is 14.8. The molecular formula is C20H18N4O2S. The number of nitrogens with zero attached hydrogens (tertiary/aromatic N) is 3. The SMILES string of the molecule is CN(Cc1cccc(C#N)c1)C(=O)CCn1c(=S)[nH]c2ccccc2c1=O. The van der Waals surface area contributed by atoms with Gasteiger partial charge >= 0.3 is 0 Å². The first-order chi connectivity index (χ1) is 13.0. The second-order valence-electron chi connectivity index (χ2n) is 6.24. The summed E-state index contributed by atoms with van der Waals surface area (Å²) in [6, 6.07) is 16.4. The number of amides is 1. The zero-order valence-corrected chi connectivity index (χ0v) is 15.6. The molecule has 3 aromatic rings. The monoisotopic (exact) mass is 378 g/mol. The van der Waals surface area contributed by atoms with Crippen LogP contribution in [-0.2, 0) is 17.9 Å². The molecule has 0 fully saturated rings. The molecule has 0 aliphatic carbocycles. The normalized spacial score (nSPS) is 10.5. The van der Waals surface area contributed by atoms with Crippen LogP contribution in [0.15, 0.2) is 53.3 Å². The van der Waals surface area contributed by atoms with Crippen LogP contribution in [0, 0.1) is 16.1 Å². The molecule has 6 nitrogen and oxygen atoms in total. The third kappa shape index (κ3) is 4.13. The van der Waals surface area contributed by atoms with Crippen molar-refractivity contribution < 1.29 is 4.79 Å². The van der Waals surface area contributed by atoms with Crippen LogP contribution in [-0.4, -0.2) is 27.4 Å². The van der Waals surface area contributed by atoms with Gasteiger partial charge in [-0.3, -0.25) is 14.2 Å². The van der Waals surface area contributed by atoms with E-state index in [1.807, 2.05) is 12.1 Å². The smallest absolute Gasteiger partial charge is 0.262 e. The van der Waals surface area contributed by atoms with Gasteiger partial charge in [0, 0.05) is 26.6 Å². The Labute approximate surface area is 161 Å². The van der Waals surface area contributed by atoms with Crippen LogP contribution < -0.4 is 5.56 Å². The van der Waals surface area contributed by atoms with E-state index in [0.717, 1.165) is 5.56 Å². The molecule has 27 heavy (non-hydrogen) atoms. The first kappa shape index (κ1) is 18.5. The minimum absolute atomic E-state index is 0.105. The Bertz CT molecular complexity index is 1160. The maximum absolute atomic E-state index is 12.6. The van der Waals surface area contributed by atoms with Gasteiger partial charge in [-0.05, 0) is 42.0 Å².